The fourth-order valence-electron chi connectivity index (χ4n) is 2.08. The van der Waals surface area contributed by atoms with Gasteiger partial charge in [0.2, 0.25) is 11.6 Å². The van der Waals surface area contributed by atoms with Crippen LogP contribution in [0.4, 0.5) is 0 Å². The van der Waals surface area contributed by atoms with Crippen LogP contribution in [0.2, 0.25) is 0 Å². The van der Waals surface area contributed by atoms with E-state index >= 15 is 0 Å². The lowest BCUT2D eigenvalue weighted by atomic mass is 10.1. The van der Waals surface area contributed by atoms with Crippen LogP contribution in [0.3, 0.4) is 0 Å². The number of hydrogen-bond acceptors (Lipinski definition) is 6. The fourth-order valence-corrected chi connectivity index (χ4v) is 2.08. The number of para-hydroxylation sites is 1. The number of Topliss-reactive ketones (excluding diaryl/α,β-unsaturated/α-hetero) is 2. The van der Waals surface area contributed by atoms with Gasteiger partial charge in [-0.3, -0.25) is 9.59 Å². The van der Waals surface area contributed by atoms with Crippen molar-refractivity contribution in [2.24, 2.45) is 0 Å². The summed E-state index contributed by atoms with van der Waals surface area (Å²) in [5, 5.41) is 0. The Balaban J connectivity index is 2.07. The normalized spacial score (nSPS) is 10.2. The average molecular weight is 316 g/mol. The van der Waals surface area contributed by atoms with Gasteiger partial charge in [0, 0.05) is 12.0 Å². The third-order valence-electron chi connectivity index (χ3n) is 3.23. The van der Waals surface area contributed by atoms with Crippen LogP contribution in [0.5, 0.6) is 5.75 Å². The molecule has 6 heteroatoms. The van der Waals surface area contributed by atoms with E-state index in [1.165, 1.54) is 6.07 Å². The summed E-state index contributed by atoms with van der Waals surface area (Å²) in [7, 11) is 2.66. The number of carbonyl (C=O) groups excluding carboxylic acids is 3. The Morgan fingerprint density at radius 2 is 1.78 bits per heavy atom. The number of ether oxygens (including phenoxy) is 2. The number of carbonyl (C=O) groups is 3. The maximum Gasteiger partial charge on any atom is 0.374 e. The summed E-state index contributed by atoms with van der Waals surface area (Å²) in [5.41, 5.74) is 0.911. The number of rotatable bonds is 7. The SMILES string of the molecule is COC(=O)C(=O)CC(=O)c1ccc(Cc2ccccc2OC)o1. The van der Waals surface area contributed by atoms with Gasteiger partial charge in [-0.15, -0.1) is 0 Å². The second-order valence-electron chi connectivity index (χ2n) is 4.77. The van der Waals surface area contributed by atoms with Crippen molar-refractivity contribution in [2.45, 2.75) is 12.8 Å². The molecule has 120 valence electrons. The zero-order valence-electron chi connectivity index (χ0n) is 12.8. The van der Waals surface area contributed by atoms with Crippen LogP contribution in [-0.2, 0) is 20.7 Å². The molecule has 0 atom stereocenters. The topological polar surface area (TPSA) is 82.8 Å². The highest BCUT2D eigenvalue weighted by Crippen LogP contribution is 2.22. The maximum absolute atomic E-state index is 11.9. The van der Waals surface area contributed by atoms with Crippen molar-refractivity contribution >= 4 is 17.5 Å². The Hall–Kier alpha value is -2.89. The van der Waals surface area contributed by atoms with Gasteiger partial charge >= 0.3 is 5.97 Å². The standard InChI is InChI=1S/C17H16O6/c1-21-15-6-4-3-5-11(15)9-12-7-8-16(23-12)13(18)10-14(19)17(20)22-2/h3-8H,9-10H2,1-2H3. The molecule has 0 N–H and O–H groups in total. The second-order valence-corrected chi connectivity index (χ2v) is 4.77. The number of methoxy groups -OCH3 is 2. The first-order valence-corrected chi connectivity index (χ1v) is 6.90. The molecule has 1 aromatic heterocycles. The molecule has 0 radical (unpaired) electrons. The zero-order valence-corrected chi connectivity index (χ0v) is 12.8. The highest BCUT2D eigenvalue weighted by Gasteiger charge is 2.21. The molecular weight excluding hydrogens is 300 g/mol. The molecule has 0 fully saturated rings. The van der Waals surface area contributed by atoms with Gasteiger partial charge in [0.1, 0.15) is 11.5 Å². The van der Waals surface area contributed by atoms with E-state index in [-0.39, 0.29) is 5.76 Å². The van der Waals surface area contributed by atoms with E-state index in [9.17, 15) is 14.4 Å². The van der Waals surface area contributed by atoms with Crippen LogP contribution in [0.15, 0.2) is 40.8 Å². The van der Waals surface area contributed by atoms with Crippen LogP contribution < -0.4 is 4.74 Å². The van der Waals surface area contributed by atoms with Gasteiger partial charge in [-0.2, -0.15) is 0 Å². The Bertz CT molecular complexity index is 728. The average Bonchev–Trinajstić information content (AvgIpc) is 3.03. The molecule has 0 aliphatic heterocycles. The molecule has 0 aliphatic rings. The molecule has 1 heterocycles. The molecule has 0 spiro atoms. The molecule has 0 aliphatic carbocycles. The molecule has 6 nitrogen and oxygen atoms in total. The molecule has 2 aromatic rings. The summed E-state index contributed by atoms with van der Waals surface area (Å²) in [4.78, 5) is 34.3. The molecule has 0 unspecified atom stereocenters. The summed E-state index contributed by atoms with van der Waals surface area (Å²) in [6.45, 7) is 0. The first-order valence-electron chi connectivity index (χ1n) is 6.90. The lowest BCUT2D eigenvalue weighted by molar-refractivity contribution is -0.151. The van der Waals surface area contributed by atoms with Gasteiger partial charge < -0.3 is 13.9 Å². The fraction of sp³-hybridized carbons (Fsp3) is 0.235. The first kappa shape index (κ1) is 16.5. The lowest BCUT2D eigenvalue weighted by Crippen LogP contribution is -2.19. The number of hydrogen-bond donors (Lipinski definition) is 0. The van der Waals surface area contributed by atoms with Gasteiger partial charge in [0.15, 0.2) is 5.76 Å². The Labute approximate surface area is 133 Å². The zero-order chi connectivity index (χ0) is 16.8. The second kappa shape index (κ2) is 7.40. The van der Waals surface area contributed by atoms with Crippen molar-refractivity contribution in [3.8, 4) is 5.75 Å². The first-order chi connectivity index (χ1) is 11.0. The lowest BCUT2D eigenvalue weighted by Gasteiger charge is -2.06. The van der Waals surface area contributed by atoms with Crippen LogP contribution in [0.25, 0.3) is 0 Å². The van der Waals surface area contributed by atoms with Crippen molar-refractivity contribution in [1.29, 1.82) is 0 Å². The van der Waals surface area contributed by atoms with Crippen molar-refractivity contribution in [3.63, 3.8) is 0 Å². The number of benzene rings is 1. The molecule has 0 bridgehead atoms. The van der Waals surface area contributed by atoms with Crippen LogP contribution in [-0.4, -0.2) is 31.8 Å². The van der Waals surface area contributed by atoms with E-state index in [2.05, 4.69) is 4.74 Å². The molecule has 1 aromatic carbocycles. The predicted octanol–water partition coefficient (Wildman–Crippen LogP) is 2.19. The van der Waals surface area contributed by atoms with E-state index < -0.39 is 24.0 Å². The highest BCUT2D eigenvalue weighted by molar-refractivity contribution is 6.37. The molecule has 0 saturated carbocycles. The molecule has 0 saturated heterocycles. The quantitative estimate of drug-likeness (QED) is 0.337. The van der Waals surface area contributed by atoms with Crippen LogP contribution >= 0.6 is 0 Å². The maximum atomic E-state index is 11.9. The van der Waals surface area contributed by atoms with Crippen LogP contribution in [0.1, 0.15) is 28.3 Å². The molecular formula is C17H16O6. The van der Waals surface area contributed by atoms with Gasteiger partial charge in [-0.05, 0) is 18.2 Å². The third kappa shape index (κ3) is 4.06. The smallest absolute Gasteiger partial charge is 0.374 e. The summed E-state index contributed by atoms with van der Waals surface area (Å²) in [5.74, 6) is -1.20. The Morgan fingerprint density at radius 1 is 1.04 bits per heavy atom. The van der Waals surface area contributed by atoms with E-state index in [0.717, 1.165) is 18.4 Å². The number of ketones is 2. The predicted molar refractivity (Wildman–Crippen MR) is 80.5 cm³/mol. The van der Waals surface area contributed by atoms with E-state index in [1.54, 1.807) is 13.2 Å². The molecule has 0 amide bonds. The van der Waals surface area contributed by atoms with E-state index in [1.807, 2.05) is 24.3 Å². The van der Waals surface area contributed by atoms with E-state index in [0.29, 0.717) is 12.2 Å². The molecule has 2 rings (SSSR count). The minimum atomic E-state index is -1.04. The Kier molecular flexibility index (Phi) is 5.30. The summed E-state index contributed by atoms with van der Waals surface area (Å²) in [6.07, 6.45) is -0.128. The number of esters is 1. The van der Waals surface area contributed by atoms with Gasteiger partial charge in [0.05, 0.1) is 20.6 Å². The van der Waals surface area contributed by atoms with Gasteiger partial charge in [0.25, 0.3) is 0 Å². The van der Waals surface area contributed by atoms with E-state index in [4.69, 9.17) is 9.15 Å². The summed E-state index contributed by atoms with van der Waals surface area (Å²) < 4.78 is 15.0. The monoisotopic (exact) mass is 316 g/mol. The van der Waals surface area contributed by atoms with Gasteiger partial charge in [-0.1, -0.05) is 18.2 Å². The van der Waals surface area contributed by atoms with Crippen molar-refractivity contribution in [2.75, 3.05) is 14.2 Å². The van der Waals surface area contributed by atoms with Crippen molar-refractivity contribution < 1.29 is 28.3 Å². The minimum Gasteiger partial charge on any atom is -0.496 e. The van der Waals surface area contributed by atoms with Crippen molar-refractivity contribution in [3.05, 3.63) is 53.5 Å². The van der Waals surface area contributed by atoms with Gasteiger partial charge in [-0.25, -0.2) is 4.79 Å². The van der Waals surface area contributed by atoms with Crippen LogP contribution in [0, 0.1) is 0 Å². The largest absolute Gasteiger partial charge is 0.496 e. The summed E-state index contributed by atoms with van der Waals surface area (Å²) >= 11 is 0. The summed E-state index contributed by atoms with van der Waals surface area (Å²) in [6, 6.07) is 10.6. The highest BCUT2D eigenvalue weighted by atomic mass is 16.5. The minimum absolute atomic E-state index is 0.0344. The third-order valence-corrected chi connectivity index (χ3v) is 3.23. The molecule has 23 heavy (non-hydrogen) atoms. The Morgan fingerprint density at radius 3 is 2.48 bits per heavy atom. The number of furan rings is 1. The van der Waals surface area contributed by atoms with Crippen molar-refractivity contribution in [1.82, 2.24) is 0 Å².